The van der Waals surface area contributed by atoms with Crippen LogP contribution < -0.4 is 5.32 Å². The molecule has 0 aromatic heterocycles. The van der Waals surface area contributed by atoms with E-state index >= 15 is 0 Å². The van der Waals surface area contributed by atoms with Crippen LogP contribution in [0.3, 0.4) is 0 Å². The highest BCUT2D eigenvalue weighted by molar-refractivity contribution is 5.77. The van der Waals surface area contributed by atoms with E-state index < -0.39 is 5.60 Å². The molecule has 16 heavy (non-hydrogen) atoms. The zero-order chi connectivity index (χ0) is 11.6. The molecule has 0 spiro atoms. The van der Waals surface area contributed by atoms with Gasteiger partial charge in [-0.3, -0.25) is 4.79 Å². The van der Waals surface area contributed by atoms with Gasteiger partial charge in [-0.2, -0.15) is 0 Å². The summed E-state index contributed by atoms with van der Waals surface area (Å²) >= 11 is 0. The van der Waals surface area contributed by atoms with Crippen molar-refractivity contribution in [3.63, 3.8) is 0 Å². The van der Waals surface area contributed by atoms with Gasteiger partial charge < -0.3 is 15.2 Å². The lowest BCUT2D eigenvalue weighted by Gasteiger charge is -2.41. The molecule has 0 heterocycles. The maximum atomic E-state index is 11.7. The van der Waals surface area contributed by atoms with Crippen LogP contribution in [-0.2, 0) is 9.53 Å². The van der Waals surface area contributed by atoms with Crippen LogP contribution >= 0.6 is 0 Å². The van der Waals surface area contributed by atoms with Gasteiger partial charge in [0.25, 0.3) is 0 Å². The molecule has 1 amide bonds. The molecule has 2 N–H and O–H groups in total. The topological polar surface area (TPSA) is 58.6 Å². The van der Waals surface area contributed by atoms with E-state index in [-0.39, 0.29) is 11.5 Å². The predicted molar refractivity (Wildman–Crippen MR) is 60.0 cm³/mol. The summed E-state index contributed by atoms with van der Waals surface area (Å²) in [7, 11) is 1.67. The maximum Gasteiger partial charge on any atom is 0.223 e. The Labute approximate surface area is 96.4 Å². The number of carbonyl (C=O) groups excluding carboxylic acids is 1. The molecule has 0 aromatic carbocycles. The van der Waals surface area contributed by atoms with E-state index in [4.69, 9.17) is 4.74 Å². The van der Waals surface area contributed by atoms with Crippen molar-refractivity contribution in [3.8, 4) is 0 Å². The van der Waals surface area contributed by atoms with Gasteiger partial charge in [0.1, 0.15) is 0 Å². The summed E-state index contributed by atoms with van der Waals surface area (Å²) in [6.45, 7) is 0.394. The molecule has 0 unspecified atom stereocenters. The quantitative estimate of drug-likeness (QED) is 0.736. The van der Waals surface area contributed by atoms with Gasteiger partial charge in [-0.15, -0.1) is 0 Å². The number of methoxy groups -OCH3 is 1. The molecular weight excluding hydrogens is 206 g/mol. The standard InChI is InChI=1S/C12H21NO3/c1-16-12(6-3-7-12)8-10(14)13-9-11(15)4-2-5-11/h15H,2-9H2,1H3,(H,13,14). The van der Waals surface area contributed by atoms with Crippen LogP contribution in [0.1, 0.15) is 44.9 Å². The summed E-state index contributed by atoms with van der Waals surface area (Å²) in [6.07, 6.45) is 6.20. The van der Waals surface area contributed by atoms with Crippen LogP contribution in [0.15, 0.2) is 0 Å². The molecule has 2 fully saturated rings. The molecule has 4 nitrogen and oxygen atoms in total. The van der Waals surface area contributed by atoms with Crippen molar-refractivity contribution >= 4 is 5.91 Å². The molecular formula is C12H21NO3. The molecule has 2 rings (SSSR count). The Hall–Kier alpha value is -0.610. The monoisotopic (exact) mass is 227 g/mol. The zero-order valence-corrected chi connectivity index (χ0v) is 9.92. The lowest BCUT2D eigenvalue weighted by Crippen LogP contribution is -2.50. The zero-order valence-electron chi connectivity index (χ0n) is 9.92. The third kappa shape index (κ3) is 2.38. The predicted octanol–water partition coefficient (Wildman–Crippen LogP) is 0.977. The van der Waals surface area contributed by atoms with E-state index in [2.05, 4.69) is 5.32 Å². The highest BCUT2D eigenvalue weighted by atomic mass is 16.5. The average Bonchev–Trinajstić information content (AvgIpc) is 2.18. The molecule has 2 saturated carbocycles. The normalized spacial score (nSPS) is 25.4. The minimum atomic E-state index is -0.629. The van der Waals surface area contributed by atoms with Gasteiger partial charge >= 0.3 is 0 Å². The Morgan fingerprint density at radius 2 is 1.94 bits per heavy atom. The second-order valence-corrected chi connectivity index (χ2v) is 5.27. The summed E-state index contributed by atoms with van der Waals surface area (Å²) in [5.74, 6) is 0.00174. The van der Waals surface area contributed by atoms with Crippen LogP contribution in [-0.4, -0.2) is 35.9 Å². The van der Waals surface area contributed by atoms with Crippen molar-refractivity contribution in [2.24, 2.45) is 0 Å². The van der Waals surface area contributed by atoms with Crippen LogP contribution in [0.2, 0.25) is 0 Å². The fourth-order valence-corrected chi connectivity index (χ4v) is 2.40. The number of ether oxygens (including phenoxy) is 1. The number of hydrogen-bond donors (Lipinski definition) is 2. The van der Waals surface area contributed by atoms with E-state index in [1.165, 1.54) is 0 Å². The Kier molecular flexibility index (Phi) is 3.22. The molecule has 0 aliphatic heterocycles. The summed E-state index contributed by atoms with van der Waals surface area (Å²) in [5.41, 5.74) is -0.845. The molecule has 0 aromatic rings. The highest BCUT2D eigenvalue weighted by Gasteiger charge is 2.40. The fraction of sp³-hybridized carbons (Fsp3) is 0.917. The summed E-state index contributed by atoms with van der Waals surface area (Å²) in [6, 6.07) is 0. The average molecular weight is 227 g/mol. The molecule has 0 radical (unpaired) electrons. The first-order chi connectivity index (χ1) is 7.58. The van der Waals surface area contributed by atoms with Gasteiger partial charge in [0.15, 0.2) is 0 Å². The Morgan fingerprint density at radius 3 is 2.31 bits per heavy atom. The van der Waals surface area contributed by atoms with Gasteiger partial charge in [0, 0.05) is 13.7 Å². The van der Waals surface area contributed by atoms with Crippen LogP contribution in [0, 0.1) is 0 Å². The van der Waals surface area contributed by atoms with Gasteiger partial charge in [-0.1, -0.05) is 0 Å². The van der Waals surface area contributed by atoms with Crippen molar-refractivity contribution in [2.75, 3.05) is 13.7 Å². The van der Waals surface area contributed by atoms with Crippen molar-refractivity contribution in [1.82, 2.24) is 5.32 Å². The van der Waals surface area contributed by atoms with Crippen molar-refractivity contribution < 1.29 is 14.6 Å². The van der Waals surface area contributed by atoms with Gasteiger partial charge in [-0.25, -0.2) is 0 Å². The lowest BCUT2D eigenvalue weighted by molar-refractivity contribution is -0.136. The van der Waals surface area contributed by atoms with Gasteiger partial charge in [-0.05, 0) is 38.5 Å². The van der Waals surface area contributed by atoms with Crippen molar-refractivity contribution in [3.05, 3.63) is 0 Å². The molecule has 0 saturated heterocycles. The number of carbonyl (C=O) groups is 1. The fourth-order valence-electron chi connectivity index (χ4n) is 2.40. The van der Waals surface area contributed by atoms with Crippen molar-refractivity contribution in [2.45, 2.75) is 56.1 Å². The number of nitrogens with one attached hydrogen (secondary N) is 1. The smallest absolute Gasteiger partial charge is 0.223 e. The second kappa shape index (κ2) is 4.34. The lowest BCUT2D eigenvalue weighted by atomic mass is 9.77. The first-order valence-corrected chi connectivity index (χ1v) is 6.12. The van der Waals surface area contributed by atoms with Crippen LogP contribution in [0.5, 0.6) is 0 Å². The SMILES string of the molecule is COC1(CC(=O)NCC2(O)CCC2)CCC1. The molecule has 0 atom stereocenters. The van der Waals surface area contributed by atoms with E-state index in [1.54, 1.807) is 7.11 Å². The molecule has 0 bridgehead atoms. The van der Waals surface area contributed by atoms with Crippen LogP contribution in [0.25, 0.3) is 0 Å². The maximum absolute atomic E-state index is 11.7. The number of amides is 1. The van der Waals surface area contributed by atoms with Gasteiger partial charge in [0.05, 0.1) is 17.6 Å². The first kappa shape index (κ1) is 11.9. The third-order valence-electron chi connectivity index (χ3n) is 4.08. The Balaban J connectivity index is 1.71. The second-order valence-electron chi connectivity index (χ2n) is 5.27. The highest BCUT2D eigenvalue weighted by Crippen LogP contribution is 2.38. The summed E-state index contributed by atoms with van der Waals surface area (Å²) in [4.78, 5) is 11.7. The summed E-state index contributed by atoms with van der Waals surface area (Å²) in [5, 5.41) is 12.7. The van der Waals surface area contributed by atoms with E-state index in [0.29, 0.717) is 13.0 Å². The van der Waals surface area contributed by atoms with Crippen molar-refractivity contribution in [1.29, 1.82) is 0 Å². The molecule has 2 aliphatic rings. The number of hydrogen-bond acceptors (Lipinski definition) is 3. The van der Waals surface area contributed by atoms with E-state index in [1.807, 2.05) is 0 Å². The van der Waals surface area contributed by atoms with E-state index in [0.717, 1.165) is 38.5 Å². The minimum absolute atomic E-state index is 0.00174. The third-order valence-corrected chi connectivity index (χ3v) is 4.08. The molecule has 2 aliphatic carbocycles. The summed E-state index contributed by atoms with van der Waals surface area (Å²) < 4.78 is 5.39. The first-order valence-electron chi connectivity index (χ1n) is 6.12. The minimum Gasteiger partial charge on any atom is -0.388 e. The van der Waals surface area contributed by atoms with Crippen LogP contribution in [0.4, 0.5) is 0 Å². The number of aliphatic hydroxyl groups is 1. The number of rotatable bonds is 5. The molecule has 4 heteroatoms. The Morgan fingerprint density at radius 1 is 1.31 bits per heavy atom. The Bertz CT molecular complexity index is 264. The van der Waals surface area contributed by atoms with E-state index in [9.17, 15) is 9.90 Å². The largest absolute Gasteiger partial charge is 0.388 e. The van der Waals surface area contributed by atoms with Gasteiger partial charge in [0.2, 0.25) is 5.91 Å². The molecule has 92 valence electrons.